The van der Waals surface area contributed by atoms with Crippen LogP contribution in [0.4, 0.5) is 0 Å². The fourth-order valence-corrected chi connectivity index (χ4v) is 4.29. The van der Waals surface area contributed by atoms with Gasteiger partial charge in [0.2, 0.25) is 0 Å². The van der Waals surface area contributed by atoms with Crippen molar-refractivity contribution in [3.63, 3.8) is 0 Å². The lowest BCUT2D eigenvalue weighted by molar-refractivity contribution is 0.0629. The van der Waals surface area contributed by atoms with Crippen LogP contribution in [-0.2, 0) is 12.8 Å². The molecular weight excluding hydrogens is 352 g/mol. The Hall–Kier alpha value is -2.56. The fourth-order valence-electron chi connectivity index (χ4n) is 4.29. The van der Waals surface area contributed by atoms with Crippen LogP contribution in [0.25, 0.3) is 12.2 Å². The number of rotatable bonds is 5. The van der Waals surface area contributed by atoms with E-state index < -0.39 is 11.2 Å². The molecule has 0 aromatic heterocycles. The minimum atomic E-state index is -0.912. The minimum absolute atomic E-state index is 0.217. The molecule has 2 unspecified atom stereocenters. The molecule has 0 saturated carbocycles. The maximum Gasteiger partial charge on any atom is 0.115 e. The number of benzene rings is 2. The molecule has 0 heterocycles. The Kier molecular flexibility index (Phi) is 4.77. The van der Waals surface area contributed by atoms with Crippen molar-refractivity contribution in [1.29, 1.82) is 0 Å². The van der Waals surface area contributed by atoms with Crippen molar-refractivity contribution in [2.75, 3.05) is 0 Å². The number of phenolic OH excluding ortho intramolecular Hbond substituents is 2. The van der Waals surface area contributed by atoms with Gasteiger partial charge in [-0.1, -0.05) is 49.3 Å². The summed E-state index contributed by atoms with van der Waals surface area (Å²) in [5.74, 6) is 0.433. The molecule has 4 N–H and O–H groups in total. The average Bonchev–Trinajstić information content (AvgIpc) is 2.64. The number of unbranched alkanes of at least 4 members (excludes halogenated alkanes) is 1. The monoisotopic (exact) mass is 378 g/mol. The van der Waals surface area contributed by atoms with Gasteiger partial charge in [-0.25, -0.2) is 0 Å². The molecular formula is C24H26O4. The van der Waals surface area contributed by atoms with Crippen LogP contribution in [0, 0.1) is 0 Å². The lowest BCUT2D eigenvalue weighted by atomic mass is 9.80. The molecule has 2 atom stereocenters. The van der Waals surface area contributed by atoms with E-state index in [9.17, 15) is 20.4 Å². The SMILES string of the molecule is Oc1ccc2c(c1)CC(O)(CCCCC1(O)C=Cc3ccc(O)cc3C1)C=C2. The van der Waals surface area contributed by atoms with E-state index >= 15 is 0 Å². The second-order valence-corrected chi connectivity index (χ2v) is 8.20. The summed E-state index contributed by atoms with van der Waals surface area (Å²) in [6, 6.07) is 10.5. The first-order valence-corrected chi connectivity index (χ1v) is 9.81. The molecule has 2 aromatic carbocycles. The molecule has 0 saturated heterocycles. The van der Waals surface area contributed by atoms with Crippen LogP contribution < -0.4 is 0 Å². The van der Waals surface area contributed by atoms with Crippen LogP contribution >= 0.6 is 0 Å². The molecule has 146 valence electrons. The Balaban J connectivity index is 1.33. The van der Waals surface area contributed by atoms with Gasteiger partial charge < -0.3 is 20.4 Å². The predicted molar refractivity (Wildman–Crippen MR) is 110 cm³/mol. The van der Waals surface area contributed by atoms with E-state index in [1.807, 2.05) is 36.4 Å². The van der Waals surface area contributed by atoms with Crippen molar-refractivity contribution >= 4 is 12.2 Å². The van der Waals surface area contributed by atoms with Crippen LogP contribution in [0.3, 0.4) is 0 Å². The third kappa shape index (κ3) is 3.98. The Labute approximate surface area is 165 Å². The number of aromatic hydroxyl groups is 2. The highest BCUT2D eigenvalue weighted by Crippen LogP contribution is 2.34. The third-order valence-electron chi connectivity index (χ3n) is 5.86. The largest absolute Gasteiger partial charge is 0.508 e. The predicted octanol–water partition coefficient (Wildman–Crippen LogP) is 3.96. The van der Waals surface area contributed by atoms with E-state index in [-0.39, 0.29) is 11.5 Å². The Bertz CT molecular complexity index is 868. The molecule has 0 bridgehead atoms. The maximum absolute atomic E-state index is 10.9. The van der Waals surface area contributed by atoms with E-state index in [2.05, 4.69) is 0 Å². The van der Waals surface area contributed by atoms with Crippen LogP contribution in [0.15, 0.2) is 48.6 Å². The molecule has 2 aromatic rings. The van der Waals surface area contributed by atoms with Gasteiger partial charge in [0.15, 0.2) is 0 Å². The summed E-state index contributed by atoms with van der Waals surface area (Å²) in [5.41, 5.74) is 2.15. The second kappa shape index (κ2) is 7.12. The molecule has 0 fully saturated rings. The average molecular weight is 378 g/mol. The highest BCUT2D eigenvalue weighted by Gasteiger charge is 2.30. The smallest absolute Gasteiger partial charge is 0.115 e. The van der Waals surface area contributed by atoms with E-state index in [1.165, 1.54) is 0 Å². The van der Waals surface area contributed by atoms with Crippen molar-refractivity contribution in [1.82, 2.24) is 0 Å². The maximum atomic E-state index is 10.9. The van der Waals surface area contributed by atoms with Gasteiger partial charge in [-0.3, -0.25) is 0 Å². The molecule has 2 aliphatic carbocycles. The summed E-state index contributed by atoms with van der Waals surface area (Å²) < 4.78 is 0. The van der Waals surface area contributed by atoms with Gasteiger partial charge in [0, 0.05) is 12.8 Å². The Morgan fingerprint density at radius 2 is 1.11 bits per heavy atom. The lowest BCUT2D eigenvalue weighted by Crippen LogP contribution is -2.33. The number of fused-ring (bicyclic) bond motifs is 2. The number of aliphatic hydroxyl groups is 2. The molecule has 4 nitrogen and oxygen atoms in total. The van der Waals surface area contributed by atoms with Gasteiger partial charge in [-0.05, 0) is 59.4 Å². The third-order valence-corrected chi connectivity index (χ3v) is 5.86. The van der Waals surface area contributed by atoms with Crippen molar-refractivity contribution in [3.05, 3.63) is 70.8 Å². The normalized spacial score (nSPS) is 25.4. The van der Waals surface area contributed by atoms with Crippen LogP contribution in [0.1, 0.15) is 47.9 Å². The van der Waals surface area contributed by atoms with Crippen molar-refractivity contribution < 1.29 is 20.4 Å². The zero-order valence-corrected chi connectivity index (χ0v) is 15.8. The summed E-state index contributed by atoms with van der Waals surface area (Å²) in [5, 5.41) is 41.1. The quantitative estimate of drug-likeness (QED) is 0.594. The zero-order chi connectivity index (χ0) is 19.8. The fraction of sp³-hybridized carbons (Fsp3) is 0.333. The first-order chi connectivity index (χ1) is 13.3. The molecule has 4 heteroatoms. The first kappa shape index (κ1) is 18.8. The molecule has 0 spiro atoms. The van der Waals surface area contributed by atoms with E-state index in [1.54, 1.807) is 24.3 Å². The molecule has 4 rings (SSSR count). The van der Waals surface area contributed by atoms with E-state index in [0.717, 1.165) is 35.1 Å². The Morgan fingerprint density at radius 1 is 0.679 bits per heavy atom. The summed E-state index contributed by atoms with van der Waals surface area (Å²) in [7, 11) is 0. The molecule has 0 aliphatic heterocycles. The van der Waals surface area contributed by atoms with Gasteiger partial charge in [0.25, 0.3) is 0 Å². The summed E-state index contributed by atoms with van der Waals surface area (Å²) >= 11 is 0. The Morgan fingerprint density at radius 3 is 1.54 bits per heavy atom. The standard InChI is InChI=1S/C24H26O4/c25-21-5-3-17-7-11-23(27,15-19(17)13-21)9-1-2-10-24(28)12-8-18-4-6-22(26)14-20(18)16-24/h3-8,11-14,25-28H,1-2,9-10,15-16H2. The second-order valence-electron chi connectivity index (χ2n) is 8.20. The van der Waals surface area contributed by atoms with Crippen molar-refractivity contribution in [3.8, 4) is 11.5 Å². The molecule has 2 aliphatic rings. The summed E-state index contributed by atoms with van der Waals surface area (Å²) in [4.78, 5) is 0. The van der Waals surface area contributed by atoms with Crippen LogP contribution in [0.2, 0.25) is 0 Å². The van der Waals surface area contributed by atoms with Crippen molar-refractivity contribution in [2.24, 2.45) is 0 Å². The minimum Gasteiger partial charge on any atom is -0.508 e. The van der Waals surface area contributed by atoms with Gasteiger partial charge in [0.1, 0.15) is 11.5 Å². The number of hydrogen-bond acceptors (Lipinski definition) is 4. The van der Waals surface area contributed by atoms with Crippen molar-refractivity contribution in [2.45, 2.75) is 49.7 Å². The van der Waals surface area contributed by atoms with Crippen LogP contribution in [-0.4, -0.2) is 31.6 Å². The van der Waals surface area contributed by atoms with Gasteiger partial charge in [-0.2, -0.15) is 0 Å². The highest BCUT2D eigenvalue weighted by atomic mass is 16.3. The first-order valence-electron chi connectivity index (χ1n) is 9.81. The summed E-state index contributed by atoms with van der Waals surface area (Å²) in [6.07, 6.45) is 11.3. The molecule has 0 radical (unpaired) electrons. The molecule has 0 amide bonds. The van der Waals surface area contributed by atoms with Gasteiger partial charge in [0.05, 0.1) is 11.2 Å². The van der Waals surface area contributed by atoms with E-state index in [0.29, 0.717) is 25.7 Å². The van der Waals surface area contributed by atoms with Gasteiger partial charge in [-0.15, -0.1) is 0 Å². The van der Waals surface area contributed by atoms with Gasteiger partial charge >= 0.3 is 0 Å². The highest BCUT2D eigenvalue weighted by molar-refractivity contribution is 5.61. The number of phenols is 2. The summed E-state index contributed by atoms with van der Waals surface area (Å²) in [6.45, 7) is 0. The van der Waals surface area contributed by atoms with E-state index in [4.69, 9.17) is 0 Å². The molecule has 28 heavy (non-hydrogen) atoms. The number of hydrogen-bond donors (Lipinski definition) is 4. The topological polar surface area (TPSA) is 80.9 Å². The van der Waals surface area contributed by atoms with Crippen LogP contribution in [0.5, 0.6) is 11.5 Å². The lowest BCUT2D eigenvalue weighted by Gasteiger charge is -2.31. The zero-order valence-electron chi connectivity index (χ0n) is 15.8.